The van der Waals surface area contributed by atoms with Crippen molar-refractivity contribution in [3.05, 3.63) is 80.9 Å². The Hall–Kier alpha value is -1.66. The molecule has 0 saturated carbocycles. The molecule has 0 aliphatic rings. The zero-order valence-electron chi connectivity index (χ0n) is 14.3. The maximum atomic E-state index is 6.03. The van der Waals surface area contributed by atoms with Gasteiger partial charge in [-0.2, -0.15) is 0 Å². The fraction of sp³-hybridized carbons (Fsp3) is 0.143. The van der Waals surface area contributed by atoms with Crippen LogP contribution in [0.2, 0.25) is 0 Å². The van der Waals surface area contributed by atoms with Crippen LogP contribution in [0.15, 0.2) is 70.5 Å². The first-order chi connectivity index (χ1) is 12.0. The molecule has 128 valence electrons. The average molecular weight is 460 g/mol. The summed E-state index contributed by atoms with van der Waals surface area (Å²) in [6, 6.07) is 21.1. The van der Waals surface area contributed by atoms with Gasteiger partial charge in [0.15, 0.2) is 0 Å². The van der Waals surface area contributed by atoms with Crippen molar-refractivity contribution in [1.82, 2.24) is 0 Å². The minimum Gasteiger partial charge on any atom is -0.399 e. The summed E-state index contributed by atoms with van der Waals surface area (Å²) in [5, 5.41) is 3.56. The van der Waals surface area contributed by atoms with Crippen LogP contribution in [-0.4, -0.2) is 0 Å². The monoisotopic (exact) mass is 460 g/mol. The molecular weight excluding hydrogens is 439 g/mol. The summed E-state index contributed by atoms with van der Waals surface area (Å²) in [7, 11) is 0. The molecule has 3 aromatic rings. The van der Waals surface area contributed by atoms with E-state index in [9.17, 15) is 0 Å². The molecule has 0 spiro atoms. The van der Waals surface area contributed by atoms with E-state index in [2.05, 4.69) is 96.4 Å². The van der Waals surface area contributed by atoms with Gasteiger partial charge in [-0.05, 0) is 90.0 Å². The second kappa shape index (κ2) is 8.15. The fourth-order valence-corrected chi connectivity index (χ4v) is 3.98. The molecule has 0 heterocycles. The molecule has 3 N–H and O–H groups in total. The molecule has 0 aliphatic heterocycles. The Balaban J connectivity index is 1.81. The summed E-state index contributed by atoms with van der Waals surface area (Å²) in [4.78, 5) is 2.47. The molecule has 0 aromatic heterocycles. The molecule has 0 saturated heterocycles. The van der Waals surface area contributed by atoms with Gasteiger partial charge in [-0.25, -0.2) is 0 Å². The van der Waals surface area contributed by atoms with Gasteiger partial charge in [0.1, 0.15) is 0 Å². The summed E-state index contributed by atoms with van der Waals surface area (Å²) < 4.78 is 1.27. The predicted octanol–water partition coefficient (Wildman–Crippen LogP) is 6.25. The number of benzene rings is 3. The van der Waals surface area contributed by atoms with Crippen LogP contribution in [0.5, 0.6) is 0 Å². The molecule has 0 bridgehead atoms. The number of hydrogen-bond donors (Lipinski definition) is 2. The Labute approximate surface area is 167 Å². The quantitative estimate of drug-likeness (QED) is 0.349. The molecule has 0 atom stereocenters. The highest BCUT2D eigenvalue weighted by Crippen LogP contribution is 2.32. The van der Waals surface area contributed by atoms with Crippen molar-refractivity contribution < 1.29 is 0 Å². The first-order valence-electron chi connectivity index (χ1n) is 8.15. The standard InChI is InChI=1S/C21H21IN2S/c1-14-6-9-18(10-7-14)25-21-11-8-17(23)12-16(21)13-24-20-5-3-4-19(22)15(20)2/h3-12,24H,13,23H2,1-2H3. The second-order valence-corrected chi connectivity index (χ2v) is 8.33. The molecule has 0 unspecified atom stereocenters. The van der Waals surface area contributed by atoms with E-state index in [4.69, 9.17) is 5.73 Å². The van der Waals surface area contributed by atoms with E-state index in [1.54, 1.807) is 11.8 Å². The van der Waals surface area contributed by atoms with E-state index in [1.807, 2.05) is 6.07 Å². The third kappa shape index (κ3) is 4.70. The van der Waals surface area contributed by atoms with Crippen molar-refractivity contribution >= 4 is 45.7 Å². The molecule has 4 heteroatoms. The third-order valence-corrected chi connectivity index (χ3v) is 6.37. The topological polar surface area (TPSA) is 38.0 Å². The van der Waals surface area contributed by atoms with Crippen LogP contribution in [0.3, 0.4) is 0 Å². The number of rotatable bonds is 5. The minimum atomic E-state index is 0.750. The molecule has 0 aliphatic carbocycles. The molecule has 3 rings (SSSR count). The van der Waals surface area contributed by atoms with Gasteiger partial charge >= 0.3 is 0 Å². The molecule has 0 fully saturated rings. The average Bonchev–Trinajstić information content (AvgIpc) is 2.60. The largest absolute Gasteiger partial charge is 0.399 e. The number of nitrogens with one attached hydrogen (secondary N) is 1. The van der Waals surface area contributed by atoms with E-state index in [-0.39, 0.29) is 0 Å². The Morgan fingerprint density at radius 2 is 1.76 bits per heavy atom. The van der Waals surface area contributed by atoms with Crippen molar-refractivity contribution in [3.63, 3.8) is 0 Å². The summed E-state index contributed by atoms with van der Waals surface area (Å²) in [5.74, 6) is 0. The van der Waals surface area contributed by atoms with Gasteiger partial charge in [0.25, 0.3) is 0 Å². The second-order valence-electron chi connectivity index (χ2n) is 6.05. The molecular formula is C21H21IN2S. The molecule has 2 nitrogen and oxygen atoms in total. The Morgan fingerprint density at radius 1 is 1.00 bits per heavy atom. The number of hydrogen-bond acceptors (Lipinski definition) is 3. The zero-order valence-corrected chi connectivity index (χ0v) is 17.3. The van der Waals surface area contributed by atoms with Crippen LogP contribution in [0.25, 0.3) is 0 Å². The number of aryl methyl sites for hydroxylation is 1. The summed E-state index contributed by atoms with van der Waals surface area (Å²) >= 11 is 4.15. The van der Waals surface area contributed by atoms with Gasteiger partial charge in [-0.15, -0.1) is 0 Å². The Kier molecular flexibility index (Phi) is 5.91. The van der Waals surface area contributed by atoms with Crippen molar-refractivity contribution in [1.29, 1.82) is 0 Å². The summed E-state index contributed by atoms with van der Waals surface area (Å²) in [6.45, 7) is 5.00. The van der Waals surface area contributed by atoms with Gasteiger partial charge in [0.05, 0.1) is 0 Å². The van der Waals surface area contributed by atoms with Crippen molar-refractivity contribution in [2.45, 2.75) is 30.2 Å². The number of nitrogens with two attached hydrogens (primary N) is 1. The number of anilines is 2. The van der Waals surface area contributed by atoms with Crippen LogP contribution < -0.4 is 11.1 Å². The van der Waals surface area contributed by atoms with Crippen LogP contribution >= 0.6 is 34.4 Å². The first-order valence-corrected chi connectivity index (χ1v) is 10.0. The predicted molar refractivity (Wildman–Crippen MR) is 117 cm³/mol. The van der Waals surface area contributed by atoms with Crippen molar-refractivity contribution in [3.8, 4) is 0 Å². The van der Waals surface area contributed by atoms with Crippen LogP contribution in [0.1, 0.15) is 16.7 Å². The van der Waals surface area contributed by atoms with Gasteiger partial charge in [-0.1, -0.05) is 35.5 Å². The fourth-order valence-electron chi connectivity index (χ4n) is 2.56. The highest BCUT2D eigenvalue weighted by atomic mass is 127. The van der Waals surface area contributed by atoms with Crippen LogP contribution in [-0.2, 0) is 6.54 Å². The number of nitrogen functional groups attached to an aromatic ring is 1. The summed E-state index contributed by atoms with van der Waals surface area (Å²) in [6.07, 6.45) is 0. The van der Waals surface area contributed by atoms with Crippen molar-refractivity contribution in [2.24, 2.45) is 0 Å². The highest BCUT2D eigenvalue weighted by Gasteiger charge is 2.07. The zero-order chi connectivity index (χ0) is 17.8. The van der Waals surface area contributed by atoms with E-state index >= 15 is 0 Å². The molecule has 3 aromatic carbocycles. The van der Waals surface area contributed by atoms with Gasteiger partial charge < -0.3 is 11.1 Å². The molecule has 25 heavy (non-hydrogen) atoms. The third-order valence-electron chi connectivity index (χ3n) is 4.07. The van der Waals surface area contributed by atoms with Crippen LogP contribution in [0, 0.1) is 17.4 Å². The van der Waals surface area contributed by atoms with Gasteiger partial charge in [0, 0.05) is 31.3 Å². The number of halogens is 1. The van der Waals surface area contributed by atoms with E-state index < -0.39 is 0 Å². The normalized spacial score (nSPS) is 10.7. The van der Waals surface area contributed by atoms with Crippen molar-refractivity contribution in [2.75, 3.05) is 11.1 Å². The minimum absolute atomic E-state index is 0.750. The maximum absolute atomic E-state index is 6.03. The van der Waals surface area contributed by atoms with E-state index in [1.165, 1.54) is 35.7 Å². The SMILES string of the molecule is Cc1ccc(Sc2ccc(N)cc2CNc2cccc(I)c2C)cc1. The van der Waals surface area contributed by atoms with Crippen LogP contribution in [0.4, 0.5) is 11.4 Å². The van der Waals surface area contributed by atoms with E-state index in [0.717, 1.165) is 12.2 Å². The lowest BCUT2D eigenvalue weighted by atomic mass is 10.1. The Bertz CT molecular complexity index is 876. The van der Waals surface area contributed by atoms with E-state index in [0.29, 0.717) is 0 Å². The summed E-state index contributed by atoms with van der Waals surface area (Å²) in [5.41, 5.74) is 11.8. The lowest BCUT2D eigenvalue weighted by molar-refractivity contribution is 1.09. The smallest absolute Gasteiger partial charge is 0.0412 e. The first kappa shape index (κ1) is 18.1. The maximum Gasteiger partial charge on any atom is 0.0412 e. The molecule has 0 radical (unpaired) electrons. The lowest BCUT2D eigenvalue weighted by Gasteiger charge is -2.14. The van der Waals surface area contributed by atoms with Gasteiger partial charge in [-0.3, -0.25) is 0 Å². The lowest BCUT2D eigenvalue weighted by Crippen LogP contribution is -2.04. The Morgan fingerprint density at radius 3 is 2.52 bits per heavy atom. The van der Waals surface area contributed by atoms with Gasteiger partial charge in [0.2, 0.25) is 0 Å². The molecule has 0 amide bonds. The highest BCUT2D eigenvalue weighted by molar-refractivity contribution is 14.1.